The van der Waals surface area contributed by atoms with Gasteiger partial charge in [-0.25, -0.2) is 0 Å². The highest BCUT2D eigenvalue weighted by Crippen LogP contribution is 2.36. The van der Waals surface area contributed by atoms with Crippen LogP contribution in [0.3, 0.4) is 0 Å². The molecule has 0 unspecified atom stereocenters. The number of nitrogens with zero attached hydrogens (tertiary/aromatic N) is 8. The van der Waals surface area contributed by atoms with Crippen molar-refractivity contribution in [3.05, 3.63) is 165 Å². The van der Waals surface area contributed by atoms with Gasteiger partial charge < -0.3 is 9.80 Å². The third kappa shape index (κ3) is 8.12. The SMILES string of the molecule is [C-]#[N+]C([N+]#[C-])=C(/C(C#N)=C/C=C/C1=C(N2CCN(C)CC2)C(=C/C=C/C(C#N)=C(\c2ccccc2)C(C#N)C#N)/CC1)c1ccccc1. The van der Waals surface area contributed by atoms with Crippen LogP contribution < -0.4 is 0 Å². The van der Waals surface area contributed by atoms with Crippen molar-refractivity contribution in [3.8, 4) is 24.3 Å². The van der Waals surface area contributed by atoms with Gasteiger partial charge in [-0.3, -0.25) is 0 Å². The lowest BCUT2D eigenvalue weighted by Gasteiger charge is -2.36. The molecule has 48 heavy (non-hydrogen) atoms. The quantitative estimate of drug-likeness (QED) is 0.161. The van der Waals surface area contributed by atoms with Gasteiger partial charge in [-0.05, 0) is 54.3 Å². The predicted octanol–water partition coefficient (Wildman–Crippen LogP) is 7.62. The molecule has 232 valence electrons. The Labute approximate surface area is 282 Å². The van der Waals surface area contributed by atoms with Crippen molar-refractivity contribution in [1.82, 2.24) is 9.80 Å². The summed E-state index contributed by atoms with van der Waals surface area (Å²) < 4.78 is 0. The van der Waals surface area contributed by atoms with E-state index in [1.165, 1.54) is 0 Å². The maximum atomic E-state index is 10.1. The average molecular weight is 625 g/mol. The van der Waals surface area contributed by atoms with E-state index in [4.69, 9.17) is 13.1 Å². The summed E-state index contributed by atoms with van der Waals surface area (Å²) in [6.07, 6.45) is 12.5. The fraction of sp³-hybridized carbons (Fsp3) is 0.200. The minimum absolute atomic E-state index is 0.158. The largest absolute Gasteiger partial charge is 0.528 e. The Morgan fingerprint density at radius 3 is 2.00 bits per heavy atom. The van der Waals surface area contributed by atoms with E-state index < -0.39 is 5.92 Å². The van der Waals surface area contributed by atoms with Crippen LogP contribution in [-0.2, 0) is 0 Å². The Hall–Kier alpha value is -6.68. The molecule has 2 aromatic rings. The molecule has 2 aromatic carbocycles. The zero-order valence-electron chi connectivity index (χ0n) is 26.6. The standard InChI is InChI=1S/C40H32N8/c1-45-40(46-2)38(31-14-8-5-9-15-31)35(27-42)19-11-17-33-21-20-32(39(33)48-24-22-47(3)23-25-48)16-10-18-34(26-41)37(36(28-43)29-44)30-12-6-4-7-13-30/h4-19,36H,20-25H2,3H3/b17-11+,18-10+,32-16+,35-19+,37-34-. The lowest BCUT2D eigenvalue weighted by atomic mass is 9.90. The second kappa shape index (κ2) is 17.1. The number of likely N-dealkylation sites (N-methyl/N-ethyl adjacent to an activating group) is 1. The summed E-state index contributed by atoms with van der Waals surface area (Å²) in [6, 6.07) is 26.5. The summed E-state index contributed by atoms with van der Waals surface area (Å²) in [6.45, 7) is 18.6. The molecule has 8 heteroatoms. The average Bonchev–Trinajstić information content (AvgIpc) is 3.53. The molecule has 4 rings (SSSR count). The molecule has 1 fully saturated rings. The molecular formula is C40H32N8. The minimum Gasteiger partial charge on any atom is -0.369 e. The van der Waals surface area contributed by atoms with Crippen LogP contribution in [0.4, 0.5) is 0 Å². The lowest BCUT2D eigenvalue weighted by molar-refractivity contribution is 0.188. The van der Waals surface area contributed by atoms with E-state index in [2.05, 4.69) is 38.7 Å². The molecule has 1 aliphatic heterocycles. The van der Waals surface area contributed by atoms with E-state index in [1.54, 1.807) is 36.4 Å². The smallest absolute Gasteiger partial charge is 0.369 e. The van der Waals surface area contributed by atoms with Crippen molar-refractivity contribution in [3.63, 3.8) is 0 Å². The lowest BCUT2D eigenvalue weighted by Crippen LogP contribution is -2.44. The van der Waals surface area contributed by atoms with Crippen LogP contribution >= 0.6 is 0 Å². The van der Waals surface area contributed by atoms with Gasteiger partial charge in [0.05, 0.1) is 41.0 Å². The van der Waals surface area contributed by atoms with Crippen LogP contribution in [0.2, 0.25) is 0 Å². The highest BCUT2D eigenvalue weighted by atomic mass is 15.3. The number of hydrogen-bond acceptors (Lipinski definition) is 6. The number of rotatable bonds is 9. The van der Waals surface area contributed by atoms with Crippen LogP contribution in [0.25, 0.3) is 20.8 Å². The fourth-order valence-electron chi connectivity index (χ4n) is 5.76. The van der Waals surface area contributed by atoms with Crippen molar-refractivity contribution in [2.24, 2.45) is 5.92 Å². The molecule has 0 N–H and O–H groups in total. The molecule has 1 heterocycles. The third-order valence-corrected chi connectivity index (χ3v) is 8.14. The molecule has 0 bridgehead atoms. The summed E-state index contributed by atoms with van der Waals surface area (Å²) in [5, 5.41) is 39.4. The second-order valence-electron chi connectivity index (χ2n) is 11.1. The van der Waals surface area contributed by atoms with Crippen molar-refractivity contribution in [2.75, 3.05) is 33.2 Å². The highest BCUT2D eigenvalue weighted by Gasteiger charge is 2.26. The van der Waals surface area contributed by atoms with Crippen molar-refractivity contribution in [1.29, 1.82) is 21.0 Å². The molecule has 0 spiro atoms. The summed E-state index contributed by atoms with van der Waals surface area (Å²) in [5.74, 6) is -1.25. The van der Waals surface area contributed by atoms with Crippen molar-refractivity contribution >= 4 is 11.1 Å². The van der Waals surface area contributed by atoms with Gasteiger partial charge in [0.15, 0.2) is 5.92 Å². The Bertz CT molecular complexity index is 1960. The first-order valence-electron chi connectivity index (χ1n) is 15.4. The van der Waals surface area contributed by atoms with E-state index in [9.17, 15) is 21.0 Å². The van der Waals surface area contributed by atoms with Gasteiger partial charge in [-0.2, -0.15) is 30.7 Å². The normalized spacial score (nSPS) is 16.5. The van der Waals surface area contributed by atoms with E-state index >= 15 is 0 Å². The van der Waals surface area contributed by atoms with Crippen LogP contribution in [-0.4, -0.2) is 43.0 Å². The van der Waals surface area contributed by atoms with Crippen LogP contribution in [0.1, 0.15) is 24.0 Å². The van der Waals surface area contributed by atoms with E-state index in [0.29, 0.717) is 22.3 Å². The first-order chi connectivity index (χ1) is 23.5. The van der Waals surface area contributed by atoms with Gasteiger partial charge in [0.25, 0.3) is 0 Å². The summed E-state index contributed by atoms with van der Waals surface area (Å²) >= 11 is 0. The fourth-order valence-corrected chi connectivity index (χ4v) is 5.76. The maximum absolute atomic E-state index is 10.1. The van der Waals surface area contributed by atoms with Crippen molar-refractivity contribution in [2.45, 2.75) is 12.8 Å². The van der Waals surface area contributed by atoms with Crippen molar-refractivity contribution < 1.29 is 0 Å². The first-order valence-corrected chi connectivity index (χ1v) is 15.4. The molecule has 1 saturated heterocycles. The molecular weight excluding hydrogens is 592 g/mol. The number of benzene rings is 2. The number of nitriles is 4. The molecule has 1 aliphatic carbocycles. The Kier molecular flexibility index (Phi) is 12.2. The number of piperazine rings is 1. The van der Waals surface area contributed by atoms with E-state index in [1.807, 2.05) is 72.8 Å². The summed E-state index contributed by atoms with van der Waals surface area (Å²) in [5.41, 5.74) is 5.77. The second-order valence-corrected chi connectivity index (χ2v) is 11.1. The van der Waals surface area contributed by atoms with E-state index in [0.717, 1.165) is 55.9 Å². The topological polar surface area (TPSA) is 110 Å². The van der Waals surface area contributed by atoms with Gasteiger partial charge in [0.2, 0.25) is 0 Å². The molecule has 0 aromatic heterocycles. The number of hydrogen-bond donors (Lipinski definition) is 0. The van der Waals surface area contributed by atoms with Gasteiger partial charge in [-0.1, -0.05) is 85.0 Å². The van der Waals surface area contributed by atoms with Gasteiger partial charge in [0.1, 0.15) is 13.1 Å². The Morgan fingerprint density at radius 1 is 0.812 bits per heavy atom. The van der Waals surface area contributed by atoms with Crippen LogP contribution in [0.5, 0.6) is 0 Å². The molecule has 8 nitrogen and oxygen atoms in total. The minimum atomic E-state index is -1.09. The predicted molar refractivity (Wildman–Crippen MR) is 186 cm³/mol. The molecule has 0 saturated carbocycles. The first kappa shape index (κ1) is 34.2. The van der Waals surface area contributed by atoms with Crippen LogP contribution in [0.15, 0.2) is 131 Å². The molecule has 0 atom stereocenters. The maximum Gasteiger partial charge on any atom is 0.528 e. The third-order valence-electron chi connectivity index (χ3n) is 8.14. The van der Waals surface area contributed by atoms with Gasteiger partial charge in [-0.15, -0.1) is 0 Å². The molecule has 0 amide bonds. The van der Waals surface area contributed by atoms with Crippen LogP contribution in [0, 0.1) is 64.4 Å². The summed E-state index contributed by atoms with van der Waals surface area (Å²) in [4.78, 5) is 11.4. The zero-order chi connectivity index (χ0) is 34.3. The Morgan fingerprint density at radius 2 is 1.44 bits per heavy atom. The molecule has 2 aliphatic rings. The molecule has 0 radical (unpaired) electrons. The monoisotopic (exact) mass is 624 g/mol. The Balaban J connectivity index is 1.75. The highest BCUT2D eigenvalue weighted by molar-refractivity contribution is 5.87. The van der Waals surface area contributed by atoms with E-state index in [-0.39, 0.29) is 17.0 Å². The number of allylic oxidation sites excluding steroid dienone is 12. The summed E-state index contributed by atoms with van der Waals surface area (Å²) in [7, 11) is 2.10. The van der Waals surface area contributed by atoms with Gasteiger partial charge in [0, 0.05) is 37.4 Å². The zero-order valence-corrected chi connectivity index (χ0v) is 26.6. The van der Waals surface area contributed by atoms with Gasteiger partial charge >= 0.3 is 5.82 Å².